The molecule has 1 aliphatic rings. The zero-order chi connectivity index (χ0) is 18.8. The summed E-state index contributed by atoms with van der Waals surface area (Å²) in [6, 6.07) is 9.37. The van der Waals surface area contributed by atoms with Gasteiger partial charge in [-0.25, -0.2) is 4.79 Å². The van der Waals surface area contributed by atoms with E-state index in [9.17, 15) is 9.59 Å². The van der Waals surface area contributed by atoms with Crippen LogP contribution < -0.4 is 5.32 Å². The van der Waals surface area contributed by atoms with E-state index >= 15 is 0 Å². The molecule has 7 nitrogen and oxygen atoms in total. The molecular formula is C19H28N2O5. The van der Waals surface area contributed by atoms with Crippen molar-refractivity contribution in [3.8, 4) is 0 Å². The van der Waals surface area contributed by atoms with Gasteiger partial charge in [0, 0.05) is 25.6 Å². The van der Waals surface area contributed by atoms with Crippen LogP contribution in [-0.2, 0) is 16.0 Å². The number of nitrogens with zero attached hydrogens (tertiary/aromatic N) is 1. The Hall–Kier alpha value is -2.12. The van der Waals surface area contributed by atoms with Gasteiger partial charge in [0.15, 0.2) is 0 Å². The third-order valence-corrected chi connectivity index (χ3v) is 4.53. The molecule has 0 aromatic heterocycles. The number of urea groups is 1. The van der Waals surface area contributed by atoms with Crippen LogP contribution in [0.2, 0.25) is 0 Å². The molecule has 1 aliphatic heterocycles. The fourth-order valence-electron chi connectivity index (χ4n) is 3.13. The highest BCUT2D eigenvalue weighted by Crippen LogP contribution is 2.15. The summed E-state index contributed by atoms with van der Waals surface area (Å²) < 4.78 is 5.51. The van der Waals surface area contributed by atoms with E-state index in [0.717, 1.165) is 18.4 Å². The summed E-state index contributed by atoms with van der Waals surface area (Å²) in [6.45, 7) is 1.52. The first-order valence-corrected chi connectivity index (χ1v) is 9.12. The van der Waals surface area contributed by atoms with Gasteiger partial charge in [-0.1, -0.05) is 30.3 Å². The van der Waals surface area contributed by atoms with Crippen LogP contribution in [0, 0.1) is 0 Å². The summed E-state index contributed by atoms with van der Waals surface area (Å²) in [5, 5.41) is 20.8. The Labute approximate surface area is 154 Å². The minimum atomic E-state index is -0.862. The summed E-state index contributed by atoms with van der Waals surface area (Å²) in [5.41, 5.74) is 1.07. The third-order valence-electron chi connectivity index (χ3n) is 4.53. The lowest BCUT2D eigenvalue weighted by atomic mass is 10.0. The smallest absolute Gasteiger partial charge is 0.317 e. The second kappa shape index (κ2) is 10.8. The van der Waals surface area contributed by atoms with Gasteiger partial charge >= 0.3 is 12.0 Å². The number of nitrogens with one attached hydrogen (secondary N) is 1. The van der Waals surface area contributed by atoms with Crippen LogP contribution in [0.3, 0.4) is 0 Å². The van der Waals surface area contributed by atoms with E-state index in [2.05, 4.69) is 5.32 Å². The third kappa shape index (κ3) is 7.01. The monoisotopic (exact) mass is 364 g/mol. The van der Waals surface area contributed by atoms with Crippen molar-refractivity contribution in [1.82, 2.24) is 10.2 Å². The SMILES string of the molecule is O=C(O)CCC(Cc1ccccc1)NC(=O)N1CCC(OCCO)CC1. The Morgan fingerprint density at radius 2 is 1.92 bits per heavy atom. The minimum absolute atomic E-state index is 0.00540. The van der Waals surface area contributed by atoms with E-state index < -0.39 is 5.97 Å². The lowest BCUT2D eigenvalue weighted by molar-refractivity contribution is -0.137. The molecule has 1 fully saturated rings. The molecular weight excluding hydrogens is 336 g/mol. The minimum Gasteiger partial charge on any atom is -0.481 e. The van der Waals surface area contributed by atoms with Crippen molar-refractivity contribution in [3.63, 3.8) is 0 Å². The van der Waals surface area contributed by atoms with Gasteiger partial charge in [-0.05, 0) is 31.2 Å². The predicted molar refractivity (Wildman–Crippen MR) is 97.0 cm³/mol. The average molecular weight is 364 g/mol. The summed E-state index contributed by atoms with van der Waals surface area (Å²) >= 11 is 0. The number of amides is 2. The first-order chi connectivity index (χ1) is 12.6. The van der Waals surface area contributed by atoms with Gasteiger partial charge in [-0.3, -0.25) is 4.79 Å². The molecule has 0 bridgehead atoms. The van der Waals surface area contributed by atoms with Gasteiger partial charge in [0.1, 0.15) is 0 Å². The summed E-state index contributed by atoms with van der Waals surface area (Å²) in [7, 11) is 0. The Morgan fingerprint density at radius 3 is 2.54 bits per heavy atom. The van der Waals surface area contributed by atoms with E-state index in [-0.39, 0.29) is 31.2 Å². The molecule has 26 heavy (non-hydrogen) atoms. The largest absolute Gasteiger partial charge is 0.481 e. The maximum Gasteiger partial charge on any atom is 0.317 e. The second-order valence-corrected chi connectivity index (χ2v) is 6.55. The number of piperidine rings is 1. The number of ether oxygens (including phenoxy) is 1. The van der Waals surface area contributed by atoms with Crippen molar-refractivity contribution in [3.05, 3.63) is 35.9 Å². The van der Waals surface area contributed by atoms with E-state index in [4.69, 9.17) is 14.9 Å². The molecule has 1 heterocycles. The Morgan fingerprint density at radius 1 is 1.23 bits per heavy atom. The zero-order valence-electron chi connectivity index (χ0n) is 15.0. The molecule has 0 radical (unpaired) electrons. The fraction of sp³-hybridized carbons (Fsp3) is 0.579. The number of benzene rings is 1. The summed E-state index contributed by atoms with van der Waals surface area (Å²) in [4.78, 5) is 25.2. The highest BCUT2D eigenvalue weighted by molar-refractivity contribution is 5.75. The van der Waals surface area contributed by atoms with Gasteiger partial charge < -0.3 is 25.2 Å². The van der Waals surface area contributed by atoms with E-state index in [0.29, 0.717) is 32.5 Å². The Bertz CT molecular complexity index is 558. The van der Waals surface area contributed by atoms with Crippen molar-refractivity contribution in [2.75, 3.05) is 26.3 Å². The molecule has 3 N–H and O–H groups in total. The fourth-order valence-corrected chi connectivity index (χ4v) is 3.13. The van der Waals surface area contributed by atoms with E-state index in [1.165, 1.54) is 0 Å². The first kappa shape index (κ1) is 20.2. The highest BCUT2D eigenvalue weighted by atomic mass is 16.5. The number of likely N-dealkylation sites (tertiary alicyclic amines) is 1. The molecule has 7 heteroatoms. The molecule has 2 rings (SSSR count). The summed E-state index contributed by atoms with van der Waals surface area (Å²) in [6.07, 6.45) is 2.59. The van der Waals surface area contributed by atoms with Crippen LogP contribution in [0.15, 0.2) is 30.3 Å². The number of hydrogen-bond acceptors (Lipinski definition) is 4. The van der Waals surface area contributed by atoms with Crippen LogP contribution in [-0.4, -0.2) is 65.6 Å². The van der Waals surface area contributed by atoms with E-state index in [1.54, 1.807) is 4.90 Å². The van der Waals surface area contributed by atoms with Crippen molar-refractivity contribution < 1.29 is 24.5 Å². The first-order valence-electron chi connectivity index (χ1n) is 9.12. The van der Waals surface area contributed by atoms with Crippen molar-refractivity contribution in [2.24, 2.45) is 0 Å². The van der Waals surface area contributed by atoms with Gasteiger partial charge in [0.05, 0.1) is 19.3 Å². The maximum absolute atomic E-state index is 12.6. The maximum atomic E-state index is 12.6. The van der Waals surface area contributed by atoms with Gasteiger partial charge in [-0.15, -0.1) is 0 Å². The average Bonchev–Trinajstić information content (AvgIpc) is 2.65. The number of carbonyl (C=O) groups excluding carboxylic acids is 1. The lowest BCUT2D eigenvalue weighted by Gasteiger charge is -2.33. The molecule has 1 saturated heterocycles. The van der Waals surface area contributed by atoms with Crippen LogP contribution in [0.5, 0.6) is 0 Å². The van der Waals surface area contributed by atoms with Crippen LogP contribution >= 0.6 is 0 Å². The molecule has 1 atom stereocenters. The standard InChI is InChI=1S/C19H28N2O5/c22-12-13-26-17-8-10-21(11-9-17)19(25)20-16(6-7-18(23)24)14-15-4-2-1-3-5-15/h1-5,16-17,22H,6-14H2,(H,20,25)(H,23,24). The molecule has 1 aromatic rings. The highest BCUT2D eigenvalue weighted by Gasteiger charge is 2.25. The molecule has 1 aromatic carbocycles. The van der Waals surface area contributed by atoms with Crippen LogP contribution in [0.25, 0.3) is 0 Å². The Kier molecular flexibility index (Phi) is 8.37. The van der Waals surface area contributed by atoms with Gasteiger partial charge in [0.2, 0.25) is 0 Å². The second-order valence-electron chi connectivity index (χ2n) is 6.55. The van der Waals surface area contributed by atoms with Crippen molar-refractivity contribution in [2.45, 2.75) is 44.2 Å². The molecule has 0 aliphatic carbocycles. The number of rotatable bonds is 9. The number of aliphatic carboxylic acids is 1. The number of carboxylic acids is 1. The normalized spacial score (nSPS) is 16.3. The number of aliphatic hydroxyl groups excluding tert-OH is 1. The van der Waals surface area contributed by atoms with Crippen molar-refractivity contribution in [1.29, 1.82) is 0 Å². The molecule has 144 valence electrons. The number of carbonyl (C=O) groups is 2. The molecule has 2 amide bonds. The van der Waals surface area contributed by atoms with Gasteiger partial charge in [-0.2, -0.15) is 0 Å². The van der Waals surface area contributed by atoms with Crippen LogP contribution in [0.4, 0.5) is 4.79 Å². The summed E-state index contributed by atoms with van der Waals surface area (Å²) in [5.74, 6) is -0.862. The lowest BCUT2D eigenvalue weighted by Crippen LogP contribution is -2.49. The van der Waals surface area contributed by atoms with Crippen molar-refractivity contribution >= 4 is 12.0 Å². The Balaban J connectivity index is 1.86. The zero-order valence-corrected chi connectivity index (χ0v) is 15.0. The number of hydrogen-bond donors (Lipinski definition) is 3. The van der Waals surface area contributed by atoms with Gasteiger partial charge in [0.25, 0.3) is 0 Å². The van der Waals surface area contributed by atoms with Crippen LogP contribution in [0.1, 0.15) is 31.2 Å². The number of carboxylic acid groups (broad SMARTS) is 1. The molecule has 0 spiro atoms. The topological polar surface area (TPSA) is 99.1 Å². The molecule has 0 saturated carbocycles. The molecule has 1 unspecified atom stereocenters. The number of aliphatic hydroxyl groups is 1. The quantitative estimate of drug-likeness (QED) is 0.619. The van der Waals surface area contributed by atoms with E-state index in [1.807, 2.05) is 30.3 Å². The predicted octanol–water partition coefficient (Wildman–Crippen LogP) is 1.65.